The van der Waals surface area contributed by atoms with Gasteiger partial charge in [0, 0.05) is 16.8 Å². The quantitative estimate of drug-likeness (QED) is 0.627. The van der Waals surface area contributed by atoms with E-state index in [2.05, 4.69) is 15.9 Å². The molecule has 0 N–H and O–H groups in total. The predicted octanol–water partition coefficient (Wildman–Crippen LogP) is 2.43. The molecule has 0 aliphatic heterocycles. The Labute approximate surface area is 115 Å². The van der Waals surface area contributed by atoms with E-state index in [4.69, 9.17) is 4.74 Å². The van der Waals surface area contributed by atoms with Gasteiger partial charge < -0.3 is 4.74 Å². The van der Waals surface area contributed by atoms with Gasteiger partial charge in [0.15, 0.2) is 9.84 Å². The van der Waals surface area contributed by atoms with Crippen LogP contribution in [0.1, 0.15) is 12.5 Å². The molecule has 0 spiro atoms. The fourth-order valence-electron chi connectivity index (χ4n) is 1.32. The number of hydrogen-bond acceptors (Lipinski definition) is 4. The third-order valence-electron chi connectivity index (χ3n) is 2.06. The lowest BCUT2D eigenvalue weighted by atomic mass is 10.2. The van der Waals surface area contributed by atoms with E-state index >= 15 is 0 Å². The minimum absolute atomic E-state index is 0.164. The third kappa shape index (κ3) is 4.27. The number of hydrogen-bond donors (Lipinski definition) is 0. The van der Waals surface area contributed by atoms with Crippen molar-refractivity contribution in [1.29, 1.82) is 0 Å². The Morgan fingerprint density at radius 3 is 2.67 bits per heavy atom. The second kappa shape index (κ2) is 6.15. The van der Waals surface area contributed by atoms with Gasteiger partial charge in [-0.25, -0.2) is 13.2 Å². The molecule has 18 heavy (non-hydrogen) atoms. The summed E-state index contributed by atoms with van der Waals surface area (Å²) in [5.74, 6) is -0.500. The van der Waals surface area contributed by atoms with E-state index in [9.17, 15) is 13.2 Å². The molecule has 0 radical (unpaired) electrons. The lowest BCUT2D eigenvalue weighted by Crippen LogP contribution is -2.01. The summed E-state index contributed by atoms with van der Waals surface area (Å²) in [5.41, 5.74) is 0.453. The van der Waals surface area contributed by atoms with Crippen LogP contribution in [-0.2, 0) is 19.4 Å². The Morgan fingerprint density at radius 2 is 2.11 bits per heavy atom. The second-order valence-electron chi connectivity index (χ2n) is 3.54. The van der Waals surface area contributed by atoms with E-state index in [1.165, 1.54) is 18.2 Å². The van der Waals surface area contributed by atoms with Gasteiger partial charge in [0.05, 0.1) is 11.5 Å². The molecule has 0 saturated heterocycles. The molecule has 0 atom stereocenters. The Bertz CT molecular complexity index is 576. The van der Waals surface area contributed by atoms with Crippen molar-refractivity contribution in [2.75, 3.05) is 12.9 Å². The summed E-state index contributed by atoms with van der Waals surface area (Å²) in [5, 5.41) is 0. The van der Waals surface area contributed by atoms with Crippen molar-refractivity contribution >= 4 is 37.8 Å². The maximum absolute atomic E-state index is 11.6. The first-order valence-corrected chi connectivity index (χ1v) is 7.87. The van der Waals surface area contributed by atoms with Crippen molar-refractivity contribution < 1.29 is 17.9 Å². The van der Waals surface area contributed by atoms with Crippen LogP contribution in [0.5, 0.6) is 0 Å². The molecule has 0 bridgehead atoms. The predicted molar refractivity (Wildman–Crippen MR) is 72.9 cm³/mol. The van der Waals surface area contributed by atoms with Crippen LogP contribution < -0.4 is 0 Å². The molecule has 0 aliphatic rings. The zero-order valence-electron chi connectivity index (χ0n) is 10.0. The zero-order valence-corrected chi connectivity index (χ0v) is 12.4. The number of carbonyl (C=O) groups excluding carboxylic acids is 1. The van der Waals surface area contributed by atoms with Gasteiger partial charge in [0.2, 0.25) is 0 Å². The van der Waals surface area contributed by atoms with Gasteiger partial charge in [-0.2, -0.15) is 0 Å². The van der Waals surface area contributed by atoms with E-state index in [0.29, 0.717) is 10.0 Å². The van der Waals surface area contributed by atoms with Gasteiger partial charge in [-0.1, -0.05) is 22.0 Å². The lowest BCUT2D eigenvalue weighted by molar-refractivity contribution is -0.137. The molecule has 0 saturated carbocycles. The average molecular weight is 333 g/mol. The van der Waals surface area contributed by atoms with Crippen LogP contribution in [0.4, 0.5) is 0 Å². The molecule has 0 aromatic heterocycles. The smallest absolute Gasteiger partial charge is 0.330 e. The largest absolute Gasteiger partial charge is 0.463 e. The fraction of sp³-hybridized carbons (Fsp3) is 0.250. The lowest BCUT2D eigenvalue weighted by Gasteiger charge is -2.04. The van der Waals surface area contributed by atoms with Crippen molar-refractivity contribution in [3.63, 3.8) is 0 Å². The number of carbonyl (C=O) groups is 1. The number of halogens is 1. The van der Waals surface area contributed by atoms with Crippen molar-refractivity contribution in [2.24, 2.45) is 0 Å². The first-order valence-electron chi connectivity index (χ1n) is 5.19. The molecule has 0 aliphatic carbocycles. The van der Waals surface area contributed by atoms with Crippen LogP contribution in [0.2, 0.25) is 0 Å². The molecular formula is C12H13BrO4S. The standard InChI is InChI=1S/C12H13BrO4S/c1-3-17-12(14)7-5-9-4-6-10(13)8-11(9)18(2,15)16/h4-8H,3H2,1-2H3/b7-5+. The summed E-state index contributed by atoms with van der Waals surface area (Å²) < 4.78 is 28.6. The van der Waals surface area contributed by atoms with Gasteiger partial charge in [-0.15, -0.1) is 0 Å². The first kappa shape index (κ1) is 14.9. The molecule has 98 valence electrons. The maximum Gasteiger partial charge on any atom is 0.330 e. The van der Waals surface area contributed by atoms with Crippen LogP contribution in [0.3, 0.4) is 0 Å². The molecule has 6 heteroatoms. The SMILES string of the molecule is CCOC(=O)/C=C/c1ccc(Br)cc1S(C)(=O)=O. The Morgan fingerprint density at radius 1 is 1.44 bits per heavy atom. The van der Waals surface area contributed by atoms with E-state index in [0.717, 1.165) is 6.26 Å². The fourth-order valence-corrected chi connectivity index (χ4v) is 2.73. The molecule has 0 unspecified atom stereocenters. The van der Waals surface area contributed by atoms with Crippen LogP contribution in [0.15, 0.2) is 33.6 Å². The van der Waals surface area contributed by atoms with E-state index in [1.54, 1.807) is 19.1 Å². The summed E-state index contributed by atoms with van der Waals surface area (Å²) in [6, 6.07) is 4.83. The van der Waals surface area contributed by atoms with Gasteiger partial charge in [-0.05, 0) is 30.7 Å². The van der Waals surface area contributed by atoms with Crippen LogP contribution >= 0.6 is 15.9 Å². The Balaban J connectivity index is 3.14. The van der Waals surface area contributed by atoms with Crippen LogP contribution in [-0.4, -0.2) is 27.2 Å². The zero-order chi connectivity index (χ0) is 13.8. The minimum Gasteiger partial charge on any atom is -0.463 e. The van der Waals surface area contributed by atoms with Gasteiger partial charge >= 0.3 is 5.97 Å². The molecule has 1 rings (SSSR count). The molecule has 0 fully saturated rings. The highest BCUT2D eigenvalue weighted by Gasteiger charge is 2.12. The Kier molecular flexibility index (Phi) is 5.10. The third-order valence-corrected chi connectivity index (χ3v) is 3.71. The highest BCUT2D eigenvalue weighted by atomic mass is 79.9. The van der Waals surface area contributed by atoms with E-state index < -0.39 is 15.8 Å². The topological polar surface area (TPSA) is 60.4 Å². The number of rotatable bonds is 4. The molecular weight excluding hydrogens is 320 g/mol. The van der Waals surface area contributed by atoms with E-state index in [1.807, 2.05) is 0 Å². The van der Waals surface area contributed by atoms with Gasteiger partial charge in [0.25, 0.3) is 0 Å². The molecule has 0 heterocycles. The second-order valence-corrected chi connectivity index (χ2v) is 6.44. The highest BCUT2D eigenvalue weighted by molar-refractivity contribution is 9.10. The van der Waals surface area contributed by atoms with Crippen LogP contribution in [0, 0.1) is 0 Å². The summed E-state index contributed by atoms with van der Waals surface area (Å²) >= 11 is 3.21. The maximum atomic E-state index is 11.6. The first-order chi connectivity index (χ1) is 8.34. The van der Waals surface area contributed by atoms with Gasteiger partial charge in [0.1, 0.15) is 0 Å². The number of benzene rings is 1. The summed E-state index contributed by atoms with van der Waals surface area (Å²) in [6.07, 6.45) is 3.76. The summed E-state index contributed by atoms with van der Waals surface area (Å²) in [7, 11) is -3.35. The van der Waals surface area contributed by atoms with E-state index in [-0.39, 0.29) is 11.5 Å². The normalized spacial score (nSPS) is 11.7. The number of esters is 1. The average Bonchev–Trinajstić information content (AvgIpc) is 2.26. The van der Waals surface area contributed by atoms with Gasteiger partial charge in [-0.3, -0.25) is 0 Å². The summed E-state index contributed by atoms with van der Waals surface area (Å²) in [6.45, 7) is 1.98. The van der Waals surface area contributed by atoms with Crippen molar-refractivity contribution in [2.45, 2.75) is 11.8 Å². The molecule has 0 amide bonds. The monoisotopic (exact) mass is 332 g/mol. The van der Waals surface area contributed by atoms with Crippen LogP contribution in [0.25, 0.3) is 6.08 Å². The highest BCUT2D eigenvalue weighted by Crippen LogP contribution is 2.22. The molecule has 4 nitrogen and oxygen atoms in total. The molecule has 1 aromatic carbocycles. The minimum atomic E-state index is -3.35. The number of ether oxygens (including phenoxy) is 1. The molecule has 1 aromatic rings. The van der Waals surface area contributed by atoms with Crippen molar-refractivity contribution in [3.05, 3.63) is 34.3 Å². The van der Waals surface area contributed by atoms with Crippen molar-refractivity contribution in [1.82, 2.24) is 0 Å². The van der Waals surface area contributed by atoms with Crippen molar-refractivity contribution in [3.8, 4) is 0 Å². The summed E-state index contributed by atoms with van der Waals surface area (Å²) in [4.78, 5) is 11.3. The Hall–Kier alpha value is -1.14. The number of sulfone groups is 1.